The predicted molar refractivity (Wildman–Crippen MR) is 125 cm³/mol. The number of fused-ring (bicyclic) bond motifs is 1. The van der Waals surface area contributed by atoms with Crippen molar-refractivity contribution in [1.29, 1.82) is 0 Å². The van der Waals surface area contributed by atoms with Gasteiger partial charge in [-0.1, -0.05) is 18.2 Å². The summed E-state index contributed by atoms with van der Waals surface area (Å²) in [5.41, 5.74) is 6.59. The molecule has 4 aliphatic carbocycles. The van der Waals surface area contributed by atoms with Crippen LogP contribution >= 0.6 is 0 Å². The lowest BCUT2D eigenvalue weighted by Crippen LogP contribution is -2.48. The predicted octanol–water partition coefficient (Wildman–Crippen LogP) is 6.86. The molecule has 0 unspecified atom stereocenters. The highest BCUT2D eigenvalue weighted by Gasteiger charge is 2.51. The largest absolute Gasteiger partial charge is 0.223 e. The summed E-state index contributed by atoms with van der Waals surface area (Å²) in [4.78, 5) is 0. The van der Waals surface area contributed by atoms with Gasteiger partial charge in [-0.2, -0.15) is 0 Å². The van der Waals surface area contributed by atoms with Crippen molar-refractivity contribution in [2.45, 2.75) is 64.7 Å². The van der Waals surface area contributed by atoms with Crippen molar-refractivity contribution in [1.82, 2.24) is 0 Å². The molecule has 0 amide bonds. The standard InChI is InChI=1S/C29H33FN/c1-17-9-18(2)27(30)26(19(17)3)28-25-6-5-24(13-23(25)7-8-31(28)4)29-14-20-10-21(15-29)12-22(11-20)16-29/h5-9,13,20-22H,10-12,14-16H2,1-4H3/q+1. The third-order valence-corrected chi connectivity index (χ3v) is 8.99. The van der Waals surface area contributed by atoms with Crippen LogP contribution in [0.25, 0.3) is 22.0 Å². The number of aromatic nitrogens is 1. The highest BCUT2D eigenvalue weighted by molar-refractivity contribution is 5.94. The van der Waals surface area contributed by atoms with E-state index in [4.69, 9.17) is 0 Å². The van der Waals surface area contributed by atoms with Gasteiger partial charge in [-0.25, -0.2) is 8.96 Å². The van der Waals surface area contributed by atoms with E-state index in [-0.39, 0.29) is 5.82 Å². The van der Waals surface area contributed by atoms with Gasteiger partial charge in [0.15, 0.2) is 6.20 Å². The van der Waals surface area contributed by atoms with E-state index in [0.29, 0.717) is 5.41 Å². The molecule has 1 heterocycles. The number of hydrogen-bond acceptors (Lipinski definition) is 0. The van der Waals surface area contributed by atoms with Gasteiger partial charge in [-0.15, -0.1) is 0 Å². The average Bonchev–Trinajstić information content (AvgIpc) is 2.72. The van der Waals surface area contributed by atoms with Crippen molar-refractivity contribution >= 4 is 10.8 Å². The Hall–Kier alpha value is -2.22. The topological polar surface area (TPSA) is 3.88 Å². The number of pyridine rings is 1. The molecule has 2 heteroatoms. The van der Waals surface area contributed by atoms with Crippen molar-refractivity contribution < 1.29 is 8.96 Å². The zero-order valence-corrected chi connectivity index (χ0v) is 19.3. The van der Waals surface area contributed by atoms with E-state index in [9.17, 15) is 0 Å². The first kappa shape index (κ1) is 19.5. The zero-order chi connectivity index (χ0) is 21.5. The van der Waals surface area contributed by atoms with Gasteiger partial charge in [0.2, 0.25) is 5.69 Å². The summed E-state index contributed by atoms with van der Waals surface area (Å²) in [7, 11) is 2.04. The van der Waals surface area contributed by atoms with Gasteiger partial charge < -0.3 is 0 Å². The lowest BCUT2D eigenvalue weighted by molar-refractivity contribution is -0.659. The van der Waals surface area contributed by atoms with Gasteiger partial charge >= 0.3 is 0 Å². The van der Waals surface area contributed by atoms with Crippen LogP contribution in [0.3, 0.4) is 0 Å². The summed E-state index contributed by atoms with van der Waals surface area (Å²) in [6.45, 7) is 6.01. The summed E-state index contributed by atoms with van der Waals surface area (Å²) in [6, 6.07) is 11.3. The molecule has 0 saturated heterocycles. The molecule has 4 bridgehead atoms. The van der Waals surface area contributed by atoms with Gasteiger partial charge in [0.1, 0.15) is 12.9 Å². The Bertz CT molecular complexity index is 1160. The van der Waals surface area contributed by atoms with E-state index in [1.54, 1.807) is 0 Å². The molecule has 160 valence electrons. The molecule has 4 fully saturated rings. The van der Waals surface area contributed by atoms with E-state index in [2.05, 4.69) is 48.9 Å². The third-order valence-electron chi connectivity index (χ3n) is 8.99. The maximum absolute atomic E-state index is 15.4. The quantitative estimate of drug-likeness (QED) is 0.403. The fraction of sp³-hybridized carbons (Fsp3) is 0.483. The van der Waals surface area contributed by atoms with Gasteiger partial charge in [0.05, 0.1) is 10.9 Å². The molecule has 4 aliphatic rings. The Morgan fingerprint density at radius 1 is 0.871 bits per heavy atom. The van der Waals surface area contributed by atoms with Crippen LogP contribution in [0.5, 0.6) is 0 Å². The molecular formula is C29H33FN+. The molecule has 3 aromatic rings. The minimum absolute atomic E-state index is 0.0867. The molecular weight excluding hydrogens is 381 g/mol. The van der Waals surface area contributed by atoms with E-state index >= 15 is 4.39 Å². The smallest absolute Gasteiger partial charge is 0.206 e. The molecule has 2 aromatic carbocycles. The minimum Gasteiger partial charge on any atom is -0.206 e. The molecule has 7 rings (SSSR count). The fourth-order valence-electron chi connectivity index (χ4n) is 7.81. The molecule has 0 N–H and O–H groups in total. The Morgan fingerprint density at radius 3 is 2.16 bits per heavy atom. The van der Waals surface area contributed by atoms with Gasteiger partial charge in [-0.3, -0.25) is 0 Å². The van der Waals surface area contributed by atoms with Crippen LogP contribution in [-0.2, 0) is 12.5 Å². The number of aryl methyl sites for hydroxylation is 3. The maximum Gasteiger partial charge on any atom is 0.223 e. The zero-order valence-electron chi connectivity index (χ0n) is 19.3. The van der Waals surface area contributed by atoms with Crippen molar-refractivity contribution in [3.05, 3.63) is 64.6 Å². The minimum atomic E-state index is -0.0867. The summed E-state index contributed by atoms with van der Waals surface area (Å²) >= 11 is 0. The second-order valence-electron chi connectivity index (χ2n) is 11.1. The first-order valence-electron chi connectivity index (χ1n) is 12.0. The number of nitrogens with zero attached hydrogens (tertiary/aromatic N) is 1. The second kappa shape index (κ2) is 6.64. The molecule has 0 spiro atoms. The van der Waals surface area contributed by atoms with Crippen LogP contribution in [-0.4, -0.2) is 0 Å². The summed E-state index contributed by atoms with van der Waals surface area (Å²) in [6.07, 6.45) is 10.7. The third kappa shape index (κ3) is 2.83. The molecule has 31 heavy (non-hydrogen) atoms. The van der Waals surface area contributed by atoms with E-state index < -0.39 is 0 Å². The normalized spacial score (nSPS) is 29.1. The number of rotatable bonds is 2. The van der Waals surface area contributed by atoms with Crippen LogP contribution in [0, 0.1) is 44.3 Å². The number of benzene rings is 2. The summed E-state index contributed by atoms with van der Waals surface area (Å²) in [5, 5.41) is 2.41. The van der Waals surface area contributed by atoms with E-state index in [1.807, 2.05) is 20.0 Å². The van der Waals surface area contributed by atoms with Crippen molar-refractivity contribution in [3.8, 4) is 11.3 Å². The molecule has 0 aliphatic heterocycles. The highest BCUT2D eigenvalue weighted by atomic mass is 19.1. The van der Waals surface area contributed by atoms with Gasteiger partial charge in [0, 0.05) is 6.07 Å². The first-order chi connectivity index (χ1) is 14.8. The molecule has 1 nitrogen and oxygen atoms in total. The summed E-state index contributed by atoms with van der Waals surface area (Å²) < 4.78 is 17.5. The van der Waals surface area contributed by atoms with Crippen LogP contribution in [0.15, 0.2) is 36.5 Å². The lowest BCUT2D eigenvalue weighted by Gasteiger charge is -2.57. The highest BCUT2D eigenvalue weighted by Crippen LogP contribution is 2.60. The first-order valence-corrected chi connectivity index (χ1v) is 12.0. The van der Waals surface area contributed by atoms with Crippen LogP contribution in [0.2, 0.25) is 0 Å². The van der Waals surface area contributed by atoms with Gasteiger partial charge in [0.25, 0.3) is 0 Å². The maximum atomic E-state index is 15.4. The Labute approximate surface area is 185 Å². The second-order valence-corrected chi connectivity index (χ2v) is 11.1. The van der Waals surface area contributed by atoms with Crippen molar-refractivity contribution in [2.24, 2.45) is 24.8 Å². The molecule has 0 radical (unpaired) electrons. The van der Waals surface area contributed by atoms with Gasteiger partial charge in [-0.05, 0) is 116 Å². The monoisotopic (exact) mass is 414 g/mol. The average molecular weight is 415 g/mol. The Balaban J connectivity index is 1.53. The van der Waals surface area contributed by atoms with Crippen LogP contribution in [0.1, 0.15) is 60.8 Å². The molecule has 1 aromatic heterocycles. The Morgan fingerprint density at radius 2 is 1.52 bits per heavy atom. The fourth-order valence-corrected chi connectivity index (χ4v) is 7.81. The Kier molecular flexibility index (Phi) is 4.17. The van der Waals surface area contributed by atoms with Crippen molar-refractivity contribution in [2.75, 3.05) is 0 Å². The van der Waals surface area contributed by atoms with E-state index in [0.717, 1.165) is 51.1 Å². The van der Waals surface area contributed by atoms with Crippen LogP contribution in [0.4, 0.5) is 4.39 Å². The van der Waals surface area contributed by atoms with E-state index in [1.165, 1.54) is 49.5 Å². The molecule has 4 saturated carbocycles. The van der Waals surface area contributed by atoms with Crippen molar-refractivity contribution in [3.63, 3.8) is 0 Å². The SMILES string of the molecule is Cc1cc(C)c(F)c(-c2c3ccc(C45CC6CC(CC(C6)C4)C5)cc3cc[n+]2C)c1C. The lowest BCUT2D eigenvalue weighted by atomic mass is 9.48. The molecule has 0 atom stereocenters. The number of hydrogen-bond donors (Lipinski definition) is 0. The van der Waals surface area contributed by atoms with Crippen LogP contribution < -0.4 is 4.57 Å². The number of halogens is 1. The summed E-state index contributed by atoms with van der Waals surface area (Å²) in [5.74, 6) is 2.74.